The minimum Gasteiger partial charge on any atom is -0.354 e. The van der Waals surface area contributed by atoms with Crippen LogP contribution in [-0.2, 0) is 0 Å². The number of hydrogen-bond acceptors (Lipinski definition) is 3. The fraction of sp³-hybridized carbons (Fsp3) is 0. The molecule has 0 fully saturated rings. The van der Waals surface area contributed by atoms with Crippen LogP contribution in [0.5, 0.6) is 0 Å². The Morgan fingerprint density at radius 3 is 2.43 bits per heavy atom. The van der Waals surface area contributed by atoms with E-state index in [9.17, 15) is 4.79 Å². The van der Waals surface area contributed by atoms with Crippen molar-refractivity contribution in [3.8, 4) is 0 Å². The number of carbonyl (C=O) groups excluding carboxylic acids is 1. The molecule has 0 aliphatic rings. The van der Waals surface area contributed by atoms with E-state index in [1.54, 1.807) is 18.5 Å². The Kier molecular flexibility index (Phi) is 4.68. The minimum atomic E-state index is -0.193. The van der Waals surface area contributed by atoms with E-state index in [1.807, 2.05) is 54.6 Å². The van der Waals surface area contributed by atoms with Gasteiger partial charge in [0, 0.05) is 22.0 Å². The molecule has 1 heterocycles. The highest BCUT2D eigenvalue weighted by molar-refractivity contribution is 9.10. The van der Waals surface area contributed by atoms with Gasteiger partial charge in [-0.1, -0.05) is 40.2 Å². The molecule has 3 aromatic rings. The van der Waals surface area contributed by atoms with Gasteiger partial charge in [0.1, 0.15) is 0 Å². The maximum absolute atomic E-state index is 12.3. The smallest absolute Gasteiger partial charge is 0.257 e. The van der Waals surface area contributed by atoms with Gasteiger partial charge in [0.2, 0.25) is 0 Å². The summed E-state index contributed by atoms with van der Waals surface area (Å²) in [5, 5.41) is 6.08. The Morgan fingerprint density at radius 2 is 1.65 bits per heavy atom. The zero-order chi connectivity index (χ0) is 16.1. The van der Waals surface area contributed by atoms with Crippen molar-refractivity contribution in [2.75, 3.05) is 10.6 Å². The monoisotopic (exact) mass is 367 g/mol. The molecule has 0 bridgehead atoms. The zero-order valence-corrected chi connectivity index (χ0v) is 13.7. The molecule has 0 radical (unpaired) electrons. The molecule has 0 unspecified atom stereocenters. The first-order valence-corrected chi connectivity index (χ1v) is 7.84. The predicted molar refractivity (Wildman–Crippen MR) is 96.1 cm³/mol. The molecule has 0 atom stereocenters. The zero-order valence-electron chi connectivity index (χ0n) is 12.2. The Labute approximate surface area is 142 Å². The third-order valence-corrected chi connectivity index (χ3v) is 3.64. The summed E-state index contributed by atoms with van der Waals surface area (Å²) in [6.07, 6.45) is 3.23. The largest absolute Gasteiger partial charge is 0.354 e. The normalized spacial score (nSPS) is 10.1. The van der Waals surface area contributed by atoms with Crippen LogP contribution in [0.3, 0.4) is 0 Å². The van der Waals surface area contributed by atoms with Gasteiger partial charge >= 0.3 is 0 Å². The van der Waals surface area contributed by atoms with Crippen LogP contribution in [0, 0.1) is 0 Å². The number of rotatable bonds is 4. The summed E-state index contributed by atoms with van der Waals surface area (Å²) in [4.78, 5) is 16.4. The van der Waals surface area contributed by atoms with Gasteiger partial charge in [-0.05, 0) is 36.4 Å². The fourth-order valence-electron chi connectivity index (χ4n) is 2.09. The highest BCUT2D eigenvalue weighted by atomic mass is 79.9. The Morgan fingerprint density at radius 1 is 0.870 bits per heavy atom. The number of nitrogens with one attached hydrogen (secondary N) is 2. The predicted octanol–water partition coefficient (Wildman–Crippen LogP) is 4.84. The standard InChI is InChI=1S/C18H14BrN3O/c19-14-5-4-8-16(10-14)21-17-9-13(11-20-12-17)18(23)22-15-6-2-1-3-7-15/h1-12,21H,(H,22,23). The molecule has 1 aromatic heterocycles. The summed E-state index contributed by atoms with van der Waals surface area (Å²) in [7, 11) is 0. The number of amides is 1. The summed E-state index contributed by atoms with van der Waals surface area (Å²) in [6.45, 7) is 0. The van der Waals surface area contributed by atoms with Crippen molar-refractivity contribution in [2.24, 2.45) is 0 Å². The van der Waals surface area contributed by atoms with Crippen LogP contribution in [0.25, 0.3) is 0 Å². The third kappa shape index (κ3) is 4.17. The molecule has 0 aliphatic carbocycles. The van der Waals surface area contributed by atoms with E-state index in [4.69, 9.17) is 0 Å². The molecule has 2 aromatic carbocycles. The van der Waals surface area contributed by atoms with E-state index in [2.05, 4.69) is 31.5 Å². The number of para-hydroxylation sites is 1. The van der Waals surface area contributed by atoms with Gasteiger partial charge in [-0.2, -0.15) is 0 Å². The van der Waals surface area contributed by atoms with Crippen molar-refractivity contribution in [3.63, 3.8) is 0 Å². The Bertz CT molecular complexity index is 821. The molecule has 23 heavy (non-hydrogen) atoms. The fourth-order valence-corrected chi connectivity index (χ4v) is 2.49. The second-order valence-electron chi connectivity index (χ2n) is 4.92. The van der Waals surface area contributed by atoms with Crippen LogP contribution in [0.4, 0.5) is 17.1 Å². The number of halogens is 1. The lowest BCUT2D eigenvalue weighted by molar-refractivity contribution is 0.102. The van der Waals surface area contributed by atoms with Crippen molar-refractivity contribution in [1.82, 2.24) is 4.98 Å². The van der Waals surface area contributed by atoms with Crippen molar-refractivity contribution in [1.29, 1.82) is 0 Å². The SMILES string of the molecule is O=C(Nc1ccccc1)c1cncc(Nc2cccc(Br)c2)c1. The quantitative estimate of drug-likeness (QED) is 0.693. The van der Waals surface area contributed by atoms with E-state index in [0.717, 1.165) is 21.5 Å². The molecule has 5 heteroatoms. The van der Waals surface area contributed by atoms with Gasteiger partial charge in [0.15, 0.2) is 0 Å². The number of nitrogens with zero attached hydrogens (tertiary/aromatic N) is 1. The maximum atomic E-state index is 12.3. The van der Waals surface area contributed by atoms with Crippen molar-refractivity contribution in [3.05, 3.63) is 83.1 Å². The lowest BCUT2D eigenvalue weighted by Gasteiger charge is -2.09. The number of pyridine rings is 1. The lowest BCUT2D eigenvalue weighted by Crippen LogP contribution is -2.12. The highest BCUT2D eigenvalue weighted by Gasteiger charge is 2.07. The number of aromatic nitrogens is 1. The lowest BCUT2D eigenvalue weighted by atomic mass is 10.2. The van der Waals surface area contributed by atoms with E-state index in [0.29, 0.717) is 5.56 Å². The topological polar surface area (TPSA) is 54.0 Å². The molecule has 0 saturated carbocycles. The Balaban J connectivity index is 1.75. The first-order valence-electron chi connectivity index (χ1n) is 7.05. The molecule has 3 rings (SSSR count). The van der Waals surface area contributed by atoms with Gasteiger partial charge in [-0.3, -0.25) is 9.78 Å². The van der Waals surface area contributed by atoms with Crippen LogP contribution < -0.4 is 10.6 Å². The first-order chi connectivity index (χ1) is 11.2. The van der Waals surface area contributed by atoms with Crippen LogP contribution in [-0.4, -0.2) is 10.9 Å². The number of benzene rings is 2. The Hall–Kier alpha value is -2.66. The summed E-state index contributed by atoms with van der Waals surface area (Å²) < 4.78 is 0.980. The number of hydrogen-bond donors (Lipinski definition) is 2. The molecule has 0 spiro atoms. The maximum Gasteiger partial charge on any atom is 0.257 e. The van der Waals surface area contributed by atoms with Crippen molar-refractivity contribution < 1.29 is 4.79 Å². The van der Waals surface area contributed by atoms with Gasteiger partial charge in [-0.25, -0.2) is 0 Å². The molecule has 1 amide bonds. The molecule has 4 nitrogen and oxygen atoms in total. The minimum absolute atomic E-state index is 0.193. The average molecular weight is 368 g/mol. The average Bonchev–Trinajstić information content (AvgIpc) is 2.56. The molecule has 0 saturated heterocycles. The van der Waals surface area contributed by atoms with Crippen molar-refractivity contribution >= 4 is 38.9 Å². The molecule has 0 aliphatic heterocycles. The van der Waals surface area contributed by atoms with Crippen molar-refractivity contribution in [2.45, 2.75) is 0 Å². The highest BCUT2D eigenvalue weighted by Crippen LogP contribution is 2.20. The summed E-state index contributed by atoms with van der Waals surface area (Å²) in [5.74, 6) is -0.193. The second kappa shape index (κ2) is 7.07. The van der Waals surface area contributed by atoms with Crippen LogP contribution in [0.15, 0.2) is 77.5 Å². The van der Waals surface area contributed by atoms with E-state index < -0.39 is 0 Å². The van der Waals surface area contributed by atoms with E-state index in [-0.39, 0.29) is 5.91 Å². The van der Waals surface area contributed by atoms with Crippen LogP contribution in [0.1, 0.15) is 10.4 Å². The molecular weight excluding hydrogens is 354 g/mol. The summed E-state index contributed by atoms with van der Waals surface area (Å²) >= 11 is 3.43. The van der Waals surface area contributed by atoms with E-state index >= 15 is 0 Å². The van der Waals surface area contributed by atoms with Crippen LogP contribution >= 0.6 is 15.9 Å². The second-order valence-corrected chi connectivity index (χ2v) is 5.83. The molecule has 2 N–H and O–H groups in total. The number of carbonyl (C=O) groups is 1. The third-order valence-electron chi connectivity index (χ3n) is 3.15. The van der Waals surface area contributed by atoms with E-state index in [1.165, 1.54) is 0 Å². The molecular formula is C18H14BrN3O. The first kappa shape index (κ1) is 15.2. The van der Waals surface area contributed by atoms with Gasteiger partial charge in [-0.15, -0.1) is 0 Å². The van der Waals surface area contributed by atoms with Gasteiger partial charge in [0.25, 0.3) is 5.91 Å². The van der Waals surface area contributed by atoms with Gasteiger partial charge < -0.3 is 10.6 Å². The molecule has 114 valence electrons. The van der Waals surface area contributed by atoms with Crippen LogP contribution in [0.2, 0.25) is 0 Å². The summed E-state index contributed by atoms with van der Waals surface area (Å²) in [6, 6.07) is 18.9. The van der Waals surface area contributed by atoms with Gasteiger partial charge in [0.05, 0.1) is 17.4 Å². The summed E-state index contributed by atoms with van der Waals surface area (Å²) in [5.41, 5.74) is 2.92. The number of anilines is 3.